The van der Waals surface area contributed by atoms with Gasteiger partial charge >= 0.3 is 12.1 Å². The van der Waals surface area contributed by atoms with Gasteiger partial charge in [-0.3, -0.25) is 4.90 Å². The highest BCUT2D eigenvalue weighted by atomic mass is 19.4. The molecule has 3 atom stereocenters. The number of alkyl halides is 3. The minimum absolute atomic E-state index is 0.266. The molecule has 9 heteroatoms. The number of carboxylic acids is 1. The van der Waals surface area contributed by atoms with Crippen molar-refractivity contribution in [1.29, 1.82) is 0 Å². The molecule has 2 heterocycles. The van der Waals surface area contributed by atoms with Gasteiger partial charge in [0.25, 0.3) is 0 Å². The normalized spacial score (nSPS) is 28.0. The lowest BCUT2D eigenvalue weighted by Crippen LogP contribution is -2.51. The van der Waals surface area contributed by atoms with Crippen LogP contribution in [0, 0.1) is 5.92 Å². The SMILES string of the molecule is O=C(O)C(F)(F)F.c1cc(CN2CCO[C@H]3[C@H](OCC4CCCC4)CC[C@@H]32)co1. The molecule has 1 aliphatic heterocycles. The molecule has 2 aliphatic carbocycles. The number of rotatable bonds is 5. The second-order valence-corrected chi connectivity index (χ2v) is 7.91. The van der Waals surface area contributed by atoms with Crippen LogP contribution in [0.4, 0.5) is 13.2 Å². The Bertz CT molecular complexity index is 631. The number of furan rings is 1. The molecule has 0 spiro atoms. The van der Waals surface area contributed by atoms with E-state index in [1.54, 1.807) is 6.26 Å². The number of carboxylic acid groups (broad SMARTS) is 1. The van der Waals surface area contributed by atoms with Gasteiger partial charge in [0.2, 0.25) is 0 Å². The molecule has 1 aromatic rings. The Morgan fingerprint density at radius 2 is 1.97 bits per heavy atom. The summed E-state index contributed by atoms with van der Waals surface area (Å²) < 4.78 is 49.3. The zero-order valence-electron chi connectivity index (χ0n) is 16.3. The molecule has 0 bridgehead atoms. The Morgan fingerprint density at radius 1 is 1.24 bits per heavy atom. The highest BCUT2D eigenvalue weighted by Crippen LogP contribution is 2.34. The Labute approximate surface area is 167 Å². The Balaban J connectivity index is 0.000000298. The first-order valence-corrected chi connectivity index (χ1v) is 10.1. The van der Waals surface area contributed by atoms with Gasteiger partial charge in [0.05, 0.1) is 31.3 Å². The van der Waals surface area contributed by atoms with Crippen LogP contribution in [0.25, 0.3) is 0 Å². The molecule has 0 unspecified atom stereocenters. The van der Waals surface area contributed by atoms with Gasteiger partial charge < -0.3 is 19.0 Å². The van der Waals surface area contributed by atoms with Crippen molar-refractivity contribution in [3.05, 3.63) is 24.2 Å². The van der Waals surface area contributed by atoms with Crippen molar-refractivity contribution < 1.29 is 37.0 Å². The lowest BCUT2D eigenvalue weighted by molar-refractivity contribution is -0.192. The smallest absolute Gasteiger partial charge is 0.475 e. The number of hydrogen-bond donors (Lipinski definition) is 1. The summed E-state index contributed by atoms with van der Waals surface area (Å²) in [7, 11) is 0. The zero-order chi connectivity index (χ0) is 20.9. The van der Waals surface area contributed by atoms with Crippen LogP contribution in [0.15, 0.2) is 23.0 Å². The Hall–Kier alpha value is -1.58. The maximum atomic E-state index is 10.6. The van der Waals surface area contributed by atoms with Crippen LogP contribution in [-0.4, -0.2) is 60.2 Å². The maximum absolute atomic E-state index is 10.6. The summed E-state index contributed by atoms with van der Waals surface area (Å²) >= 11 is 0. The van der Waals surface area contributed by atoms with E-state index in [-0.39, 0.29) is 6.10 Å². The molecular weight excluding hydrogens is 391 g/mol. The number of carbonyl (C=O) groups is 1. The minimum Gasteiger partial charge on any atom is -0.475 e. The fourth-order valence-corrected chi connectivity index (χ4v) is 4.42. The third-order valence-corrected chi connectivity index (χ3v) is 5.88. The van der Waals surface area contributed by atoms with Crippen molar-refractivity contribution in [1.82, 2.24) is 4.90 Å². The van der Waals surface area contributed by atoms with Crippen molar-refractivity contribution in [2.45, 2.75) is 69.5 Å². The van der Waals surface area contributed by atoms with Crippen LogP contribution < -0.4 is 0 Å². The summed E-state index contributed by atoms with van der Waals surface area (Å²) in [5.41, 5.74) is 1.26. The number of morpholine rings is 1. The average molecular weight is 419 g/mol. The molecule has 1 aromatic heterocycles. The van der Waals surface area contributed by atoms with Crippen molar-refractivity contribution in [3.8, 4) is 0 Å². The molecule has 6 nitrogen and oxygen atoms in total. The number of halogens is 3. The number of ether oxygens (including phenoxy) is 2. The van der Waals surface area contributed by atoms with Gasteiger partial charge in [-0.05, 0) is 37.7 Å². The molecular formula is C20H28F3NO5. The van der Waals surface area contributed by atoms with E-state index in [4.69, 9.17) is 23.8 Å². The Kier molecular flexibility index (Phi) is 7.59. The first-order valence-electron chi connectivity index (χ1n) is 10.1. The predicted molar refractivity (Wildman–Crippen MR) is 97.3 cm³/mol. The van der Waals surface area contributed by atoms with E-state index in [1.165, 1.54) is 37.7 Å². The quantitative estimate of drug-likeness (QED) is 0.782. The van der Waals surface area contributed by atoms with E-state index in [0.29, 0.717) is 12.1 Å². The van der Waals surface area contributed by atoms with Gasteiger partial charge in [-0.1, -0.05) is 12.8 Å². The van der Waals surface area contributed by atoms with Crippen molar-refractivity contribution in [2.24, 2.45) is 5.92 Å². The van der Waals surface area contributed by atoms with Crippen LogP contribution in [0.5, 0.6) is 0 Å². The summed E-state index contributed by atoms with van der Waals surface area (Å²) in [6.07, 6.45) is 6.92. The standard InChI is InChI=1S/C18H27NO3.C2HF3O2/c1-2-4-14(3-1)13-22-17-6-5-16-18(17)21-10-8-19(16)11-15-7-9-20-12-15;3-2(4,5)1(6)7/h7,9,12,14,16-18H,1-6,8,10-11,13H2;(H,6,7)/t16-,17+,18+;/m0./s1. The maximum Gasteiger partial charge on any atom is 0.490 e. The number of fused-ring (bicyclic) bond motifs is 1. The predicted octanol–water partition coefficient (Wildman–Crippen LogP) is 3.85. The third-order valence-electron chi connectivity index (χ3n) is 5.88. The largest absolute Gasteiger partial charge is 0.490 e. The van der Waals surface area contributed by atoms with Crippen LogP contribution in [0.3, 0.4) is 0 Å². The van der Waals surface area contributed by atoms with E-state index in [0.717, 1.165) is 38.6 Å². The summed E-state index contributed by atoms with van der Waals surface area (Å²) in [6, 6.07) is 2.57. The molecule has 1 saturated heterocycles. The van der Waals surface area contributed by atoms with Crippen molar-refractivity contribution >= 4 is 5.97 Å². The van der Waals surface area contributed by atoms with E-state index in [9.17, 15) is 13.2 Å². The first-order chi connectivity index (χ1) is 13.8. The monoisotopic (exact) mass is 419 g/mol. The molecule has 3 fully saturated rings. The lowest BCUT2D eigenvalue weighted by Gasteiger charge is -2.39. The fraction of sp³-hybridized carbons (Fsp3) is 0.750. The number of nitrogens with zero attached hydrogens (tertiary/aromatic N) is 1. The van der Waals surface area contributed by atoms with Gasteiger partial charge in [-0.25, -0.2) is 4.79 Å². The molecule has 2 saturated carbocycles. The van der Waals surface area contributed by atoms with Crippen molar-refractivity contribution in [3.63, 3.8) is 0 Å². The summed E-state index contributed by atoms with van der Waals surface area (Å²) in [5.74, 6) is -1.96. The molecule has 0 radical (unpaired) electrons. The molecule has 0 aromatic carbocycles. The Morgan fingerprint density at radius 3 is 2.59 bits per heavy atom. The fourth-order valence-electron chi connectivity index (χ4n) is 4.42. The molecule has 0 amide bonds. The highest BCUT2D eigenvalue weighted by Gasteiger charge is 2.43. The van der Waals surface area contributed by atoms with E-state index in [1.807, 2.05) is 6.26 Å². The van der Waals surface area contributed by atoms with Crippen LogP contribution >= 0.6 is 0 Å². The van der Waals surface area contributed by atoms with E-state index in [2.05, 4.69) is 11.0 Å². The minimum atomic E-state index is -5.08. The zero-order valence-corrected chi connectivity index (χ0v) is 16.3. The average Bonchev–Trinajstić information content (AvgIpc) is 3.42. The molecule has 29 heavy (non-hydrogen) atoms. The van der Waals surface area contributed by atoms with Gasteiger partial charge in [0, 0.05) is 31.3 Å². The van der Waals surface area contributed by atoms with E-state index < -0.39 is 12.1 Å². The van der Waals surface area contributed by atoms with Gasteiger partial charge in [0.1, 0.15) is 0 Å². The number of hydrogen-bond acceptors (Lipinski definition) is 5. The summed E-state index contributed by atoms with van der Waals surface area (Å²) in [6.45, 7) is 3.75. The molecule has 3 aliphatic rings. The second kappa shape index (κ2) is 9.95. The lowest BCUT2D eigenvalue weighted by atomic mass is 10.1. The van der Waals surface area contributed by atoms with Crippen LogP contribution in [-0.2, 0) is 20.8 Å². The molecule has 4 rings (SSSR count). The topological polar surface area (TPSA) is 72.1 Å². The molecule has 164 valence electrons. The van der Waals surface area contributed by atoms with Crippen molar-refractivity contribution in [2.75, 3.05) is 19.8 Å². The summed E-state index contributed by atoms with van der Waals surface area (Å²) in [4.78, 5) is 11.4. The van der Waals surface area contributed by atoms with Gasteiger partial charge in [-0.2, -0.15) is 13.2 Å². The number of aliphatic carboxylic acids is 1. The first kappa shape index (κ1) is 22.1. The summed E-state index contributed by atoms with van der Waals surface area (Å²) in [5, 5.41) is 7.12. The third kappa shape index (κ3) is 6.20. The molecule has 1 N–H and O–H groups in total. The van der Waals surface area contributed by atoms with Crippen LogP contribution in [0.1, 0.15) is 44.1 Å². The van der Waals surface area contributed by atoms with Gasteiger partial charge in [-0.15, -0.1) is 0 Å². The second-order valence-electron chi connectivity index (χ2n) is 7.91. The van der Waals surface area contributed by atoms with Crippen LogP contribution in [0.2, 0.25) is 0 Å². The van der Waals surface area contributed by atoms with Gasteiger partial charge in [0.15, 0.2) is 0 Å². The van der Waals surface area contributed by atoms with E-state index >= 15 is 0 Å². The highest BCUT2D eigenvalue weighted by molar-refractivity contribution is 5.73.